The Hall–Kier alpha value is -3.16. The van der Waals surface area contributed by atoms with Crippen molar-refractivity contribution >= 4 is 16.9 Å². The summed E-state index contributed by atoms with van der Waals surface area (Å²) in [5.41, 5.74) is 2.49. The molecule has 1 aromatic carbocycles. The van der Waals surface area contributed by atoms with Crippen molar-refractivity contribution in [3.63, 3.8) is 0 Å². The van der Waals surface area contributed by atoms with Crippen LogP contribution in [0.5, 0.6) is 0 Å². The van der Waals surface area contributed by atoms with Gasteiger partial charge in [0.1, 0.15) is 5.82 Å². The third kappa shape index (κ3) is 2.82. The van der Waals surface area contributed by atoms with Gasteiger partial charge in [0.25, 0.3) is 5.56 Å². The van der Waals surface area contributed by atoms with Crippen molar-refractivity contribution in [2.45, 2.75) is 40.7 Å². The number of fused-ring (bicyclic) bond motifs is 3. The summed E-state index contributed by atoms with van der Waals surface area (Å²) in [5, 5.41) is 0. The summed E-state index contributed by atoms with van der Waals surface area (Å²) in [4.78, 5) is 30.7. The number of nitrogens with zero attached hydrogens (tertiary/aromatic N) is 5. The van der Waals surface area contributed by atoms with Crippen LogP contribution in [0.1, 0.15) is 31.7 Å². The molecule has 0 unspecified atom stereocenters. The lowest BCUT2D eigenvalue weighted by atomic mass is 10.1. The normalized spacial score (nSPS) is 12.0. The fourth-order valence-electron chi connectivity index (χ4n) is 3.73. The van der Waals surface area contributed by atoms with Gasteiger partial charge in [-0.3, -0.25) is 22.9 Å². The molecule has 152 valence electrons. The van der Waals surface area contributed by atoms with Crippen LogP contribution in [0.15, 0.2) is 33.9 Å². The largest absolute Gasteiger partial charge is 0.332 e. The molecular formula is C21H24FN5O2. The van der Waals surface area contributed by atoms with Gasteiger partial charge in [-0.15, -0.1) is 0 Å². The molecule has 0 saturated carbocycles. The molecule has 0 atom stereocenters. The number of hydrogen-bond acceptors (Lipinski definition) is 3. The predicted molar refractivity (Wildman–Crippen MR) is 110 cm³/mol. The zero-order chi connectivity index (χ0) is 21.0. The molecular weight excluding hydrogens is 373 g/mol. The topological polar surface area (TPSA) is 66.2 Å². The molecule has 0 amide bonds. The summed E-state index contributed by atoms with van der Waals surface area (Å²) < 4.78 is 19.8. The molecule has 4 aromatic rings. The van der Waals surface area contributed by atoms with Crippen LogP contribution in [-0.2, 0) is 13.6 Å². The van der Waals surface area contributed by atoms with E-state index < -0.39 is 0 Å². The van der Waals surface area contributed by atoms with E-state index in [1.54, 1.807) is 23.6 Å². The summed E-state index contributed by atoms with van der Waals surface area (Å²) in [6, 6.07) is 6.11. The van der Waals surface area contributed by atoms with E-state index in [1.807, 2.05) is 18.4 Å². The highest BCUT2D eigenvalue weighted by Crippen LogP contribution is 2.24. The van der Waals surface area contributed by atoms with E-state index in [1.165, 1.54) is 21.3 Å². The van der Waals surface area contributed by atoms with E-state index in [0.29, 0.717) is 29.4 Å². The molecule has 0 N–H and O–H groups in total. The average Bonchev–Trinajstić information content (AvgIpc) is 3.17. The zero-order valence-electron chi connectivity index (χ0n) is 17.2. The van der Waals surface area contributed by atoms with E-state index in [4.69, 9.17) is 0 Å². The third-order valence-electron chi connectivity index (χ3n) is 5.53. The van der Waals surface area contributed by atoms with Gasteiger partial charge in [-0.25, -0.2) is 9.18 Å². The van der Waals surface area contributed by atoms with Crippen LogP contribution in [-0.4, -0.2) is 23.1 Å². The van der Waals surface area contributed by atoms with Gasteiger partial charge >= 0.3 is 5.69 Å². The van der Waals surface area contributed by atoms with Crippen LogP contribution >= 0.6 is 0 Å². The van der Waals surface area contributed by atoms with Crippen LogP contribution < -0.4 is 11.2 Å². The van der Waals surface area contributed by atoms with Gasteiger partial charge in [0.15, 0.2) is 11.2 Å². The Bertz CT molecular complexity index is 1350. The van der Waals surface area contributed by atoms with Crippen molar-refractivity contribution in [1.29, 1.82) is 0 Å². The molecule has 7 nitrogen and oxygen atoms in total. The standard InChI is InChI=1S/C21H24FN5O2/c1-12(2)10-11-25-19(28)17-18(24(5)21(25)29)23-20-26(13(3)14(4)27(17)20)16-8-6-15(22)7-9-16/h6-9,12H,10-11H2,1-5H3. The number of hydrogen-bond donors (Lipinski definition) is 0. The molecule has 4 rings (SSSR count). The highest BCUT2D eigenvalue weighted by Gasteiger charge is 2.23. The maximum absolute atomic E-state index is 13.4. The average molecular weight is 397 g/mol. The molecule has 3 heterocycles. The molecule has 0 aliphatic carbocycles. The first kappa shape index (κ1) is 19.2. The minimum Gasteiger partial charge on any atom is -0.283 e. The fraction of sp³-hybridized carbons (Fsp3) is 0.381. The monoisotopic (exact) mass is 397 g/mol. The lowest BCUT2D eigenvalue weighted by Crippen LogP contribution is -2.39. The molecule has 0 fully saturated rings. The lowest BCUT2D eigenvalue weighted by Gasteiger charge is -2.10. The smallest absolute Gasteiger partial charge is 0.283 e. The SMILES string of the molecule is Cc1c(C)n2c3c(=O)n(CCC(C)C)c(=O)n(C)c3nc2n1-c1ccc(F)cc1. The predicted octanol–water partition coefficient (Wildman–Crippen LogP) is 2.94. The van der Waals surface area contributed by atoms with E-state index >= 15 is 0 Å². The summed E-state index contributed by atoms with van der Waals surface area (Å²) in [5.74, 6) is 0.571. The van der Waals surface area contributed by atoms with Gasteiger partial charge < -0.3 is 0 Å². The van der Waals surface area contributed by atoms with E-state index in [-0.39, 0.29) is 17.1 Å². The van der Waals surface area contributed by atoms with Crippen molar-refractivity contribution in [3.8, 4) is 5.69 Å². The van der Waals surface area contributed by atoms with Gasteiger partial charge in [0.05, 0.1) is 0 Å². The molecule has 0 aliphatic rings. The Morgan fingerprint density at radius 2 is 1.72 bits per heavy atom. The summed E-state index contributed by atoms with van der Waals surface area (Å²) in [6.07, 6.45) is 0.733. The van der Waals surface area contributed by atoms with Crippen molar-refractivity contribution in [3.05, 3.63) is 62.3 Å². The summed E-state index contributed by atoms with van der Waals surface area (Å²) in [7, 11) is 1.63. The first-order chi connectivity index (χ1) is 13.7. The second kappa shape index (κ2) is 6.72. The van der Waals surface area contributed by atoms with Crippen molar-refractivity contribution < 1.29 is 4.39 Å². The highest BCUT2D eigenvalue weighted by molar-refractivity contribution is 5.77. The first-order valence-electron chi connectivity index (χ1n) is 9.68. The Morgan fingerprint density at radius 3 is 2.34 bits per heavy atom. The minimum absolute atomic E-state index is 0.324. The van der Waals surface area contributed by atoms with Crippen molar-refractivity contribution in [2.75, 3.05) is 0 Å². The lowest BCUT2D eigenvalue weighted by molar-refractivity contribution is 0.488. The van der Waals surface area contributed by atoms with Crippen LogP contribution in [0.2, 0.25) is 0 Å². The Kier molecular flexibility index (Phi) is 4.44. The van der Waals surface area contributed by atoms with Crippen molar-refractivity contribution in [2.24, 2.45) is 13.0 Å². The third-order valence-corrected chi connectivity index (χ3v) is 5.53. The number of rotatable bonds is 4. The van der Waals surface area contributed by atoms with E-state index in [0.717, 1.165) is 23.5 Å². The fourth-order valence-corrected chi connectivity index (χ4v) is 3.73. The summed E-state index contributed by atoms with van der Waals surface area (Å²) >= 11 is 0. The molecule has 3 aromatic heterocycles. The number of benzene rings is 1. The first-order valence-corrected chi connectivity index (χ1v) is 9.68. The Balaban J connectivity index is 2.09. The molecule has 29 heavy (non-hydrogen) atoms. The van der Waals surface area contributed by atoms with Gasteiger partial charge in [0.2, 0.25) is 5.78 Å². The Morgan fingerprint density at radius 1 is 1.07 bits per heavy atom. The van der Waals surface area contributed by atoms with Gasteiger partial charge in [0, 0.05) is 30.7 Å². The molecule has 8 heteroatoms. The number of aromatic nitrogens is 5. The number of aryl methyl sites for hydroxylation is 2. The molecule has 0 bridgehead atoms. The number of imidazole rings is 2. The van der Waals surface area contributed by atoms with Gasteiger partial charge in [-0.1, -0.05) is 13.8 Å². The van der Waals surface area contributed by atoms with Crippen LogP contribution in [0, 0.1) is 25.6 Å². The zero-order valence-corrected chi connectivity index (χ0v) is 17.2. The van der Waals surface area contributed by atoms with Crippen LogP contribution in [0.3, 0.4) is 0 Å². The van der Waals surface area contributed by atoms with Crippen LogP contribution in [0.4, 0.5) is 4.39 Å². The maximum Gasteiger partial charge on any atom is 0.332 e. The van der Waals surface area contributed by atoms with E-state index in [2.05, 4.69) is 18.8 Å². The molecule has 0 saturated heterocycles. The highest BCUT2D eigenvalue weighted by atomic mass is 19.1. The second-order valence-electron chi connectivity index (χ2n) is 7.88. The second-order valence-corrected chi connectivity index (χ2v) is 7.88. The molecule has 0 aliphatic heterocycles. The summed E-state index contributed by atoms with van der Waals surface area (Å²) in [6.45, 7) is 8.32. The van der Waals surface area contributed by atoms with Crippen molar-refractivity contribution in [1.82, 2.24) is 23.1 Å². The number of halogens is 1. The van der Waals surface area contributed by atoms with Gasteiger partial charge in [-0.2, -0.15) is 4.98 Å². The quantitative estimate of drug-likeness (QED) is 0.532. The molecule has 0 spiro atoms. The van der Waals surface area contributed by atoms with Crippen LogP contribution in [0.25, 0.3) is 22.6 Å². The maximum atomic E-state index is 13.4. The van der Waals surface area contributed by atoms with E-state index in [9.17, 15) is 14.0 Å². The Labute approximate surface area is 166 Å². The van der Waals surface area contributed by atoms with Gasteiger partial charge in [-0.05, 0) is 50.5 Å². The minimum atomic E-state index is -0.369. The molecule has 0 radical (unpaired) electrons.